The van der Waals surface area contributed by atoms with E-state index in [4.69, 9.17) is 23.2 Å². The van der Waals surface area contributed by atoms with Crippen molar-refractivity contribution in [1.82, 2.24) is 0 Å². The third kappa shape index (κ3) is 2.38. The summed E-state index contributed by atoms with van der Waals surface area (Å²) in [5, 5.41) is 0.184. The van der Waals surface area contributed by atoms with Crippen molar-refractivity contribution in [3.8, 4) is 0 Å². The van der Waals surface area contributed by atoms with E-state index >= 15 is 0 Å². The fourth-order valence-corrected chi connectivity index (χ4v) is 5.08. The fourth-order valence-electron chi connectivity index (χ4n) is 1.58. The smallest absolute Gasteiger partial charge is 0.0894 e. The Hall–Kier alpha value is 1.54. The summed E-state index contributed by atoms with van der Waals surface area (Å²) in [5.74, 6) is 0.626. The predicted octanol–water partition coefficient (Wildman–Crippen LogP) is 4.90. The van der Waals surface area contributed by atoms with E-state index in [0.29, 0.717) is 5.88 Å². The van der Waals surface area contributed by atoms with E-state index in [0.717, 1.165) is 12.8 Å². The topological polar surface area (TPSA) is 0 Å². The molecule has 0 aromatic rings. The van der Waals surface area contributed by atoms with Gasteiger partial charge in [0.15, 0.2) is 0 Å². The maximum absolute atomic E-state index is 6.35. The average molecular weight is 353 g/mol. The molecular formula is C9H14Br2Cl2. The van der Waals surface area contributed by atoms with Gasteiger partial charge in [-0.25, -0.2) is 0 Å². The highest BCUT2D eigenvalue weighted by Crippen LogP contribution is 2.70. The number of rotatable bonds is 5. The maximum atomic E-state index is 6.35. The highest BCUT2D eigenvalue weighted by Gasteiger charge is 2.67. The minimum atomic E-state index is -0.00505. The molecule has 1 aliphatic rings. The standard InChI is InChI=1S/C9H14Br2Cl2/c1-2-3-4-7(13)8(6-12)5-9(8,10)11/h7H,2-6H2,1H3. The summed E-state index contributed by atoms with van der Waals surface area (Å²) in [4.78, 5) is 0. The minimum Gasteiger partial charge on any atom is -0.126 e. The summed E-state index contributed by atoms with van der Waals surface area (Å²) in [6, 6.07) is 0. The second kappa shape index (κ2) is 4.59. The lowest BCUT2D eigenvalue weighted by Gasteiger charge is -2.21. The van der Waals surface area contributed by atoms with Crippen molar-refractivity contribution in [2.75, 3.05) is 5.88 Å². The Morgan fingerprint density at radius 3 is 2.31 bits per heavy atom. The maximum Gasteiger partial charge on any atom is 0.0894 e. The monoisotopic (exact) mass is 350 g/mol. The van der Waals surface area contributed by atoms with Gasteiger partial charge in [0.05, 0.1) is 3.23 Å². The van der Waals surface area contributed by atoms with Gasteiger partial charge in [0.1, 0.15) is 0 Å². The molecule has 0 saturated heterocycles. The molecule has 4 heteroatoms. The van der Waals surface area contributed by atoms with Gasteiger partial charge in [-0.1, -0.05) is 51.6 Å². The molecule has 2 unspecified atom stereocenters. The van der Waals surface area contributed by atoms with E-state index in [1.165, 1.54) is 12.8 Å². The van der Waals surface area contributed by atoms with Crippen LogP contribution in [0.5, 0.6) is 0 Å². The third-order valence-corrected chi connectivity index (χ3v) is 6.04. The first-order chi connectivity index (χ1) is 6.00. The van der Waals surface area contributed by atoms with Crippen molar-refractivity contribution < 1.29 is 0 Å². The van der Waals surface area contributed by atoms with E-state index in [1.54, 1.807) is 0 Å². The second-order valence-electron chi connectivity index (χ2n) is 3.78. The van der Waals surface area contributed by atoms with Crippen LogP contribution in [0.1, 0.15) is 32.6 Å². The Labute approximate surface area is 107 Å². The first kappa shape index (κ1) is 12.6. The number of hydrogen-bond acceptors (Lipinski definition) is 0. The number of hydrogen-bond donors (Lipinski definition) is 0. The first-order valence-corrected chi connectivity index (χ1v) is 7.14. The van der Waals surface area contributed by atoms with Crippen LogP contribution in [-0.4, -0.2) is 14.5 Å². The molecule has 78 valence electrons. The Bertz CT molecular complexity index is 184. The van der Waals surface area contributed by atoms with Gasteiger partial charge in [0.2, 0.25) is 0 Å². The molecule has 0 radical (unpaired) electrons. The second-order valence-corrected chi connectivity index (χ2v) is 8.35. The zero-order chi connectivity index (χ0) is 10.1. The molecule has 13 heavy (non-hydrogen) atoms. The molecule has 0 spiro atoms. The molecule has 0 N–H and O–H groups in total. The summed E-state index contributed by atoms with van der Waals surface area (Å²) in [5.41, 5.74) is 0.0608. The number of halogens is 4. The van der Waals surface area contributed by atoms with Crippen molar-refractivity contribution in [3.05, 3.63) is 0 Å². The largest absolute Gasteiger partial charge is 0.126 e. The average Bonchev–Trinajstić information content (AvgIpc) is 2.66. The van der Waals surface area contributed by atoms with E-state index in [-0.39, 0.29) is 14.0 Å². The zero-order valence-corrected chi connectivity index (χ0v) is 12.3. The van der Waals surface area contributed by atoms with Gasteiger partial charge in [0.25, 0.3) is 0 Å². The van der Waals surface area contributed by atoms with Crippen LogP contribution < -0.4 is 0 Å². The van der Waals surface area contributed by atoms with Gasteiger partial charge >= 0.3 is 0 Å². The van der Waals surface area contributed by atoms with Gasteiger partial charge in [-0.05, 0) is 12.8 Å². The molecule has 0 bridgehead atoms. The Morgan fingerprint density at radius 1 is 1.46 bits per heavy atom. The molecular weight excluding hydrogens is 339 g/mol. The van der Waals surface area contributed by atoms with Gasteiger partial charge in [-0.15, -0.1) is 23.2 Å². The Kier molecular flexibility index (Phi) is 4.45. The van der Waals surface area contributed by atoms with Crippen LogP contribution in [0.3, 0.4) is 0 Å². The van der Waals surface area contributed by atoms with Crippen molar-refractivity contribution in [3.63, 3.8) is 0 Å². The van der Waals surface area contributed by atoms with Gasteiger partial charge < -0.3 is 0 Å². The lowest BCUT2D eigenvalue weighted by molar-refractivity contribution is 0.494. The lowest BCUT2D eigenvalue weighted by Crippen LogP contribution is -2.23. The van der Waals surface area contributed by atoms with Gasteiger partial charge in [-0.2, -0.15) is 0 Å². The molecule has 0 aliphatic heterocycles. The summed E-state index contributed by atoms with van der Waals surface area (Å²) < 4.78 is -0.00505. The SMILES string of the molecule is CCCCC(Cl)C1(CCl)CC1(Br)Br. The Balaban J connectivity index is 2.49. The van der Waals surface area contributed by atoms with Crippen LogP contribution >= 0.6 is 55.1 Å². The Morgan fingerprint density at radius 2 is 2.00 bits per heavy atom. The van der Waals surface area contributed by atoms with Crippen molar-refractivity contribution in [2.24, 2.45) is 5.41 Å². The number of alkyl halides is 4. The van der Waals surface area contributed by atoms with Gasteiger partial charge in [0, 0.05) is 16.7 Å². The van der Waals surface area contributed by atoms with Crippen molar-refractivity contribution >= 4 is 55.1 Å². The molecule has 1 fully saturated rings. The van der Waals surface area contributed by atoms with Crippen LogP contribution in [0.15, 0.2) is 0 Å². The van der Waals surface area contributed by atoms with Gasteiger partial charge in [-0.3, -0.25) is 0 Å². The highest BCUT2D eigenvalue weighted by atomic mass is 79.9. The number of unbranched alkanes of at least 4 members (excludes halogenated alkanes) is 1. The fraction of sp³-hybridized carbons (Fsp3) is 1.00. The lowest BCUT2D eigenvalue weighted by atomic mass is 10.00. The predicted molar refractivity (Wildman–Crippen MR) is 67.5 cm³/mol. The summed E-state index contributed by atoms with van der Waals surface area (Å²) in [6.45, 7) is 2.18. The highest BCUT2D eigenvalue weighted by molar-refractivity contribution is 9.25. The normalized spacial score (nSPS) is 33.0. The summed E-state index contributed by atoms with van der Waals surface area (Å²) >= 11 is 19.5. The summed E-state index contributed by atoms with van der Waals surface area (Å²) in [6.07, 6.45) is 4.47. The van der Waals surface area contributed by atoms with Crippen LogP contribution in [0.4, 0.5) is 0 Å². The van der Waals surface area contributed by atoms with E-state index in [2.05, 4.69) is 38.8 Å². The molecule has 0 heterocycles. The zero-order valence-electron chi connectivity index (χ0n) is 7.62. The molecule has 0 amide bonds. The minimum absolute atomic E-state index is 0.00505. The van der Waals surface area contributed by atoms with E-state index in [9.17, 15) is 0 Å². The summed E-state index contributed by atoms with van der Waals surface area (Å²) in [7, 11) is 0. The quantitative estimate of drug-likeness (QED) is 0.617. The van der Waals surface area contributed by atoms with E-state index < -0.39 is 0 Å². The molecule has 0 aromatic heterocycles. The molecule has 1 rings (SSSR count). The molecule has 0 nitrogen and oxygen atoms in total. The third-order valence-electron chi connectivity index (χ3n) is 2.79. The van der Waals surface area contributed by atoms with Crippen LogP contribution in [-0.2, 0) is 0 Å². The van der Waals surface area contributed by atoms with Crippen LogP contribution in [0, 0.1) is 5.41 Å². The molecule has 1 aliphatic carbocycles. The molecule has 0 aromatic carbocycles. The van der Waals surface area contributed by atoms with Crippen molar-refractivity contribution in [2.45, 2.75) is 41.2 Å². The van der Waals surface area contributed by atoms with Crippen molar-refractivity contribution in [1.29, 1.82) is 0 Å². The molecule has 2 atom stereocenters. The molecule has 1 saturated carbocycles. The van der Waals surface area contributed by atoms with Crippen LogP contribution in [0.25, 0.3) is 0 Å². The first-order valence-electron chi connectivity index (χ1n) is 4.58. The van der Waals surface area contributed by atoms with E-state index in [1.807, 2.05) is 0 Å². The van der Waals surface area contributed by atoms with Crippen LogP contribution in [0.2, 0.25) is 0 Å².